The van der Waals surface area contributed by atoms with Gasteiger partial charge in [-0.1, -0.05) is 29.3 Å². The third kappa shape index (κ3) is 3.52. The Morgan fingerprint density at radius 1 is 1.05 bits per heavy atom. The normalized spacial score (nSPS) is 11.4. The minimum atomic E-state index is -4.42. The molecule has 0 spiro atoms. The molecule has 1 N–H and O–H groups in total. The highest BCUT2D eigenvalue weighted by Crippen LogP contribution is 2.34. The van der Waals surface area contributed by atoms with Crippen LogP contribution in [-0.2, 0) is 6.18 Å². The SMILES string of the molecule is FC(F)(F)c1ccc(Nc2cccc(Cl)n2)c(Cl)c1. The van der Waals surface area contributed by atoms with Gasteiger partial charge in [-0.2, -0.15) is 13.2 Å². The first-order valence-electron chi connectivity index (χ1n) is 5.12. The van der Waals surface area contributed by atoms with E-state index in [1.165, 1.54) is 6.07 Å². The number of rotatable bonds is 2. The minimum Gasteiger partial charge on any atom is -0.339 e. The number of nitrogens with zero attached hydrogens (tertiary/aromatic N) is 1. The van der Waals surface area contributed by atoms with Crippen molar-refractivity contribution < 1.29 is 13.2 Å². The van der Waals surface area contributed by atoms with Gasteiger partial charge in [-0.05, 0) is 30.3 Å². The van der Waals surface area contributed by atoms with Crippen LogP contribution in [0.25, 0.3) is 0 Å². The molecule has 2 rings (SSSR count). The number of hydrogen-bond donors (Lipinski definition) is 1. The van der Waals surface area contributed by atoms with Crippen molar-refractivity contribution in [1.82, 2.24) is 4.98 Å². The van der Waals surface area contributed by atoms with Crippen LogP contribution in [0.1, 0.15) is 5.56 Å². The van der Waals surface area contributed by atoms with E-state index in [0.717, 1.165) is 12.1 Å². The second kappa shape index (κ2) is 5.27. The lowest BCUT2D eigenvalue weighted by atomic mass is 10.2. The van der Waals surface area contributed by atoms with Gasteiger partial charge in [0.2, 0.25) is 0 Å². The van der Waals surface area contributed by atoms with Gasteiger partial charge < -0.3 is 5.32 Å². The summed E-state index contributed by atoms with van der Waals surface area (Å²) >= 11 is 11.5. The van der Waals surface area contributed by atoms with Crippen LogP contribution in [0.2, 0.25) is 10.2 Å². The Bertz CT molecular complexity index is 600. The molecule has 2 nitrogen and oxygen atoms in total. The van der Waals surface area contributed by atoms with Gasteiger partial charge in [0.1, 0.15) is 11.0 Å². The summed E-state index contributed by atoms with van der Waals surface area (Å²) in [5.41, 5.74) is -0.480. The molecular formula is C12H7Cl2F3N2. The molecule has 100 valence electrons. The van der Waals surface area contributed by atoms with E-state index in [-0.39, 0.29) is 10.2 Å². The molecule has 0 amide bonds. The Kier molecular flexibility index (Phi) is 3.87. The van der Waals surface area contributed by atoms with Gasteiger partial charge in [-0.3, -0.25) is 0 Å². The lowest BCUT2D eigenvalue weighted by Crippen LogP contribution is -2.05. The molecule has 0 bridgehead atoms. The van der Waals surface area contributed by atoms with Gasteiger partial charge >= 0.3 is 6.18 Å². The predicted octanol–water partition coefficient (Wildman–Crippen LogP) is 5.15. The van der Waals surface area contributed by atoms with Gasteiger partial charge in [0, 0.05) is 0 Å². The molecule has 2 aromatic rings. The molecule has 0 atom stereocenters. The lowest BCUT2D eigenvalue weighted by molar-refractivity contribution is -0.137. The van der Waals surface area contributed by atoms with Crippen molar-refractivity contribution >= 4 is 34.7 Å². The van der Waals surface area contributed by atoms with E-state index in [4.69, 9.17) is 23.2 Å². The van der Waals surface area contributed by atoms with Gasteiger partial charge in [0.15, 0.2) is 0 Å². The van der Waals surface area contributed by atoms with Crippen LogP contribution in [0.4, 0.5) is 24.7 Å². The van der Waals surface area contributed by atoms with Gasteiger partial charge in [0.05, 0.1) is 16.3 Å². The van der Waals surface area contributed by atoms with E-state index in [2.05, 4.69) is 10.3 Å². The number of benzene rings is 1. The summed E-state index contributed by atoms with van der Waals surface area (Å²) in [4.78, 5) is 3.95. The van der Waals surface area contributed by atoms with Crippen LogP contribution < -0.4 is 5.32 Å². The summed E-state index contributed by atoms with van der Waals surface area (Å²) < 4.78 is 37.4. The van der Waals surface area contributed by atoms with Crippen molar-refractivity contribution in [3.8, 4) is 0 Å². The third-order valence-corrected chi connectivity index (χ3v) is 2.80. The standard InChI is InChI=1S/C12H7Cl2F3N2/c13-8-6-7(12(15,16)17)4-5-9(8)18-11-3-1-2-10(14)19-11/h1-6H,(H,18,19). The first kappa shape index (κ1) is 14.0. The average molecular weight is 307 g/mol. The number of nitrogens with one attached hydrogen (secondary N) is 1. The monoisotopic (exact) mass is 306 g/mol. The smallest absolute Gasteiger partial charge is 0.339 e. The van der Waals surface area contributed by atoms with Crippen LogP contribution in [0.5, 0.6) is 0 Å². The zero-order chi connectivity index (χ0) is 14.0. The number of anilines is 2. The summed E-state index contributed by atoms with van der Waals surface area (Å²) in [6.45, 7) is 0. The average Bonchev–Trinajstić information content (AvgIpc) is 2.30. The summed E-state index contributed by atoms with van der Waals surface area (Å²) in [6.07, 6.45) is -4.42. The first-order valence-corrected chi connectivity index (χ1v) is 5.88. The van der Waals surface area contributed by atoms with Gasteiger partial charge in [-0.15, -0.1) is 0 Å². The summed E-state index contributed by atoms with van der Waals surface area (Å²) in [6, 6.07) is 7.91. The van der Waals surface area contributed by atoms with Crippen molar-refractivity contribution in [2.75, 3.05) is 5.32 Å². The number of pyridine rings is 1. The van der Waals surface area contributed by atoms with Crippen molar-refractivity contribution in [1.29, 1.82) is 0 Å². The molecule has 0 radical (unpaired) electrons. The lowest BCUT2D eigenvalue weighted by Gasteiger charge is -2.11. The van der Waals surface area contributed by atoms with E-state index < -0.39 is 11.7 Å². The molecule has 0 saturated carbocycles. The highest BCUT2D eigenvalue weighted by atomic mass is 35.5. The van der Waals surface area contributed by atoms with Crippen molar-refractivity contribution in [2.24, 2.45) is 0 Å². The fourth-order valence-electron chi connectivity index (χ4n) is 1.41. The zero-order valence-corrected chi connectivity index (χ0v) is 10.8. The largest absolute Gasteiger partial charge is 0.416 e. The van der Waals surface area contributed by atoms with Crippen LogP contribution in [0.3, 0.4) is 0 Å². The number of hydrogen-bond acceptors (Lipinski definition) is 2. The second-order valence-electron chi connectivity index (χ2n) is 3.66. The van der Waals surface area contributed by atoms with Crippen LogP contribution in [-0.4, -0.2) is 4.98 Å². The Labute approximate surface area is 117 Å². The maximum atomic E-state index is 12.5. The number of alkyl halides is 3. The van der Waals surface area contributed by atoms with E-state index >= 15 is 0 Å². The fourth-order valence-corrected chi connectivity index (χ4v) is 1.80. The molecule has 0 fully saturated rings. The van der Waals surface area contributed by atoms with Gasteiger partial charge in [0.25, 0.3) is 0 Å². The van der Waals surface area contributed by atoms with E-state index in [9.17, 15) is 13.2 Å². The Morgan fingerprint density at radius 2 is 1.79 bits per heavy atom. The molecular weight excluding hydrogens is 300 g/mol. The zero-order valence-electron chi connectivity index (χ0n) is 9.30. The van der Waals surface area contributed by atoms with Crippen LogP contribution in [0, 0.1) is 0 Å². The number of aromatic nitrogens is 1. The number of halogens is 5. The first-order chi connectivity index (χ1) is 8.86. The minimum absolute atomic E-state index is 0.0448. The molecule has 19 heavy (non-hydrogen) atoms. The summed E-state index contributed by atoms with van der Waals surface area (Å²) in [5, 5.41) is 3.02. The van der Waals surface area contributed by atoms with E-state index in [1.54, 1.807) is 18.2 Å². The van der Waals surface area contributed by atoms with E-state index in [1.807, 2.05) is 0 Å². The maximum Gasteiger partial charge on any atom is 0.416 e. The Balaban J connectivity index is 2.27. The fraction of sp³-hybridized carbons (Fsp3) is 0.0833. The molecule has 0 aliphatic carbocycles. The molecule has 1 aromatic carbocycles. The maximum absolute atomic E-state index is 12.5. The molecule has 1 heterocycles. The molecule has 0 unspecified atom stereocenters. The third-order valence-electron chi connectivity index (χ3n) is 2.27. The molecule has 0 aliphatic rings. The summed E-state index contributed by atoms with van der Waals surface area (Å²) in [7, 11) is 0. The topological polar surface area (TPSA) is 24.9 Å². The second-order valence-corrected chi connectivity index (χ2v) is 4.46. The molecule has 7 heteroatoms. The van der Waals surface area contributed by atoms with Crippen molar-refractivity contribution in [3.63, 3.8) is 0 Å². The summed E-state index contributed by atoms with van der Waals surface area (Å²) in [5.74, 6) is 0.397. The van der Waals surface area contributed by atoms with Crippen LogP contribution >= 0.6 is 23.2 Å². The highest BCUT2D eigenvalue weighted by Gasteiger charge is 2.30. The highest BCUT2D eigenvalue weighted by molar-refractivity contribution is 6.33. The van der Waals surface area contributed by atoms with Gasteiger partial charge in [-0.25, -0.2) is 4.98 Å². The quantitative estimate of drug-likeness (QED) is 0.776. The predicted molar refractivity (Wildman–Crippen MR) is 69.0 cm³/mol. The van der Waals surface area contributed by atoms with Crippen molar-refractivity contribution in [3.05, 3.63) is 52.1 Å². The van der Waals surface area contributed by atoms with Crippen LogP contribution in [0.15, 0.2) is 36.4 Å². The Hall–Kier alpha value is -1.46. The Morgan fingerprint density at radius 3 is 2.37 bits per heavy atom. The molecule has 0 aliphatic heterocycles. The van der Waals surface area contributed by atoms with E-state index in [0.29, 0.717) is 11.5 Å². The van der Waals surface area contributed by atoms with Crippen molar-refractivity contribution in [2.45, 2.75) is 6.18 Å². The molecule has 1 aromatic heterocycles. The molecule has 0 saturated heterocycles.